The molecule has 8 heteroatoms. The fourth-order valence-electron chi connectivity index (χ4n) is 5.26. The molecule has 262 valence electrons. The van der Waals surface area contributed by atoms with Crippen molar-refractivity contribution in [1.29, 1.82) is 0 Å². The van der Waals surface area contributed by atoms with Crippen LogP contribution in [0.25, 0.3) is 0 Å². The third-order valence-corrected chi connectivity index (χ3v) is 8.62. The summed E-state index contributed by atoms with van der Waals surface area (Å²) in [7, 11) is 0. The van der Waals surface area contributed by atoms with Gasteiger partial charge in [-0.25, -0.2) is 0 Å². The van der Waals surface area contributed by atoms with E-state index in [0.717, 1.165) is 26.1 Å². The minimum Gasteiger partial charge on any atom is -0.463 e. The Labute approximate surface area is 271 Å². The number of ether oxygens (including phenoxy) is 6. The molecule has 0 aromatic heterocycles. The molecule has 0 fully saturated rings. The molecular formula is C36H70O8. The van der Waals surface area contributed by atoms with E-state index in [0.29, 0.717) is 64.3 Å². The van der Waals surface area contributed by atoms with Gasteiger partial charge in [-0.1, -0.05) is 86.0 Å². The second kappa shape index (κ2) is 26.9. The molecular weight excluding hydrogens is 560 g/mol. The highest BCUT2D eigenvalue weighted by atomic mass is 16.6. The summed E-state index contributed by atoms with van der Waals surface area (Å²) >= 11 is 0. The van der Waals surface area contributed by atoms with Crippen molar-refractivity contribution < 1.29 is 38.0 Å². The zero-order valence-corrected chi connectivity index (χ0v) is 30.0. The van der Waals surface area contributed by atoms with Crippen molar-refractivity contribution in [2.45, 2.75) is 132 Å². The number of unbranched alkanes of at least 4 members (excludes halogenated alkanes) is 4. The van der Waals surface area contributed by atoms with Crippen molar-refractivity contribution >= 4 is 11.9 Å². The molecule has 0 heterocycles. The van der Waals surface area contributed by atoms with Gasteiger partial charge in [0.25, 0.3) is 0 Å². The van der Waals surface area contributed by atoms with Crippen LogP contribution < -0.4 is 0 Å². The van der Waals surface area contributed by atoms with Gasteiger partial charge in [0, 0.05) is 13.2 Å². The SMILES string of the molecule is CCCCCC(CC)COCCOCCOC(=O)C(C)(C)CC(C)(CC)C(=O)OCCOCCOCC(CC)CCCCC. The first-order chi connectivity index (χ1) is 21.1. The van der Waals surface area contributed by atoms with Crippen molar-refractivity contribution in [3.8, 4) is 0 Å². The van der Waals surface area contributed by atoms with Gasteiger partial charge in [0.1, 0.15) is 13.2 Å². The lowest BCUT2D eigenvalue weighted by atomic mass is 9.72. The van der Waals surface area contributed by atoms with Crippen LogP contribution in [0.2, 0.25) is 0 Å². The maximum absolute atomic E-state index is 13.0. The molecule has 0 radical (unpaired) electrons. The number of hydrogen-bond donors (Lipinski definition) is 0. The summed E-state index contributed by atoms with van der Waals surface area (Å²) in [5.41, 5.74) is -1.65. The minimum absolute atomic E-state index is 0.170. The Hall–Kier alpha value is -1.22. The van der Waals surface area contributed by atoms with Crippen LogP contribution in [0.5, 0.6) is 0 Å². The third kappa shape index (κ3) is 20.7. The lowest BCUT2D eigenvalue weighted by Gasteiger charge is -2.33. The molecule has 0 saturated heterocycles. The first kappa shape index (κ1) is 42.8. The first-order valence-corrected chi connectivity index (χ1v) is 17.7. The van der Waals surface area contributed by atoms with E-state index in [4.69, 9.17) is 28.4 Å². The topological polar surface area (TPSA) is 89.5 Å². The van der Waals surface area contributed by atoms with Gasteiger partial charge >= 0.3 is 11.9 Å². The Morgan fingerprint density at radius 1 is 0.545 bits per heavy atom. The van der Waals surface area contributed by atoms with Gasteiger partial charge in [-0.3, -0.25) is 9.59 Å². The number of carbonyl (C=O) groups excluding carboxylic acids is 2. The van der Waals surface area contributed by atoms with E-state index in [-0.39, 0.29) is 25.2 Å². The highest BCUT2D eigenvalue weighted by molar-refractivity contribution is 5.80. The zero-order valence-electron chi connectivity index (χ0n) is 30.0. The number of rotatable bonds is 31. The molecule has 3 atom stereocenters. The summed E-state index contributed by atoms with van der Waals surface area (Å²) in [4.78, 5) is 25.8. The number of esters is 2. The van der Waals surface area contributed by atoms with Gasteiger partial charge in [-0.15, -0.1) is 0 Å². The molecule has 0 bridgehead atoms. The second-order valence-corrected chi connectivity index (χ2v) is 13.2. The van der Waals surface area contributed by atoms with Crippen LogP contribution in [0, 0.1) is 22.7 Å². The van der Waals surface area contributed by atoms with E-state index >= 15 is 0 Å². The quantitative estimate of drug-likeness (QED) is 0.0560. The van der Waals surface area contributed by atoms with E-state index in [1.165, 1.54) is 51.4 Å². The Kier molecular flexibility index (Phi) is 26.2. The van der Waals surface area contributed by atoms with Crippen LogP contribution in [-0.4, -0.2) is 78.0 Å². The smallest absolute Gasteiger partial charge is 0.311 e. The minimum atomic E-state index is -0.847. The van der Waals surface area contributed by atoms with Gasteiger partial charge < -0.3 is 28.4 Å². The van der Waals surface area contributed by atoms with Crippen molar-refractivity contribution in [1.82, 2.24) is 0 Å². The van der Waals surface area contributed by atoms with E-state index in [1.807, 2.05) is 27.7 Å². The average Bonchev–Trinajstić information content (AvgIpc) is 3.01. The number of carbonyl (C=O) groups is 2. The first-order valence-electron chi connectivity index (χ1n) is 17.7. The lowest BCUT2D eigenvalue weighted by Crippen LogP contribution is -2.39. The van der Waals surface area contributed by atoms with Crippen molar-refractivity contribution in [2.75, 3.05) is 66.1 Å². The molecule has 0 N–H and O–H groups in total. The molecule has 0 amide bonds. The van der Waals surface area contributed by atoms with Crippen LogP contribution in [0.4, 0.5) is 0 Å². The summed E-state index contributed by atoms with van der Waals surface area (Å²) in [5, 5.41) is 0. The highest BCUT2D eigenvalue weighted by Gasteiger charge is 2.42. The average molecular weight is 631 g/mol. The van der Waals surface area contributed by atoms with E-state index in [9.17, 15) is 9.59 Å². The Morgan fingerprint density at radius 2 is 0.955 bits per heavy atom. The van der Waals surface area contributed by atoms with Gasteiger partial charge in [-0.05, 0) is 58.3 Å². The van der Waals surface area contributed by atoms with Crippen LogP contribution in [0.1, 0.15) is 132 Å². The zero-order chi connectivity index (χ0) is 33.1. The summed E-state index contributed by atoms with van der Waals surface area (Å²) < 4.78 is 33.8. The third-order valence-electron chi connectivity index (χ3n) is 8.62. The normalized spacial score (nSPS) is 14.6. The summed E-state index contributed by atoms with van der Waals surface area (Å²) in [6, 6.07) is 0. The van der Waals surface area contributed by atoms with Gasteiger partial charge in [0.05, 0.1) is 50.5 Å². The molecule has 0 aromatic carbocycles. The monoisotopic (exact) mass is 631 g/mol. The summed E-state index contributed by atoms with van der Waals surface area (Å²) in [5.74, 6) is 0.551. The van der Waals surface area contributed by atoms with Crippen LogP contribution in [0.15, 0.2) is 0 Å². The standard InChI is InChI=1S/C36H70O8/c1-9-14-16-18-31(11-3)28-41-22-20-39-24-26-43-33(37)35(6,7)30-36(8,13-5)34(38)44-27-25-40-21-23-42-29-32(12-4)19-17-15-10-2/h31-32H,9-30H2,1-8H3. The maximum atomic E-state index is 13.0. The molecule has 0 aliphatic carbocycles. The van der Waals surface area contributed by atoms with Crippen molar-refractivity contribution in [3.63, 3.8) is 0 Å². The van der Waals surface area contributed by atoms with Crippen molar-refractivity contribution in [2.24, 2.45) is 22.7 Å². The molecule has 3 unspecified atom stereocenters. The highest BCUT2D eigenvalue weighted by Crippen LogP contribution is 2.38. The van der Waals surface area contributed by atoms with E-state index in [1.54, 1.807) is 0 Å². The maximum Gasteiger partial charge on any atom is 0.311 e. The molecule has 0 aliphatic heterocycles. The van der Waals surface area contributed by atoms with Gasteiger partial charge in [0.15, 0.2) is 0 Å². The largest absolute Gasteiger partial charge is 0.463 e. The molecule has 0 rings (SSSR count). The van der Waals surface area contributed by atoms with Crippen LogP contribution in [-0.2, 0) is 38.0 Å². The molecule has 0 spiro atoms. The molecule has 0 saturated carbocycles. The molecule has 0 aromatic rings. The number of hydrogen-bond acceptors (Lipinski definition) is 8. The van der Waals surface area contributed by atoms with Crippen molar-refractivity contribution in [3.05, 3.63) is 0 Å². The van der Waals surface area contributed by atoms with Gasteiger partial charge in [-0.2, -0.15) is 0 Å². The summed E-state index contributed by atoms with van der Waals surface area (Å²) in [6.07, 6.45) is 13.1. The van der Waals surface area contributed by atoms with E-state index < -0.39 is 10.8 Å². The molecule has 44 heavy (non-hydrogen) atoms. The second-order valence-electron chi connectivity index (χ2n) is 13.2. The molecule has 8 nitrogen and oxygen atoms in total. The van der Waals surface area contributed by atoms with Gasteiger partial charge in [0.2, 0.25) is 0 Å². The Balaban J connectivity index is 4.19. The predicted molar refractivity (Wildman–Crippen MR) is 178 cm³/mol. The Morgan fingerprint density at radius 3 is 1.36 bits per heavy atom. The van der Waals surface area contributed by atoms with Crippen LogP contribution >= 0.6 is 0 Å². The lowest BCUT2D eigenvalue weighted by molar-refractivity contribution is -0.164. The predicted octanol–water partition coefficient (Wildman–Crippen LogP) is 8.18. The Bertz CT molecular complexity index is 698. The van der Waals surface area contributed by atoms with E-state index in [2.05, 4.69) is 27.7 Å². The summed E-state index contributed by atoms with van der Waals surface area (Å²) in [6.45, 7) is 20.8. The van der Waals surface area contributed by atoms with Crippen LogP contribution in [0.3, 0.4) is 0 Å². The fraction of sp³-hybridized carbons (Fsp3) is 0.944. The fourth-order valence-corrected chi connectivity index (χ4v) is 5.26. The molecule has 0 aliphatic rings.